The summed E-state index contributed by atoms with van der Waals surface area (Å²) in [5.74, 6) is 0.721. The smallest absolute Gasteiger partial charge is 0.0513 e. The molecule has 0 aromatic heterocycles. The largest absolute Gasteiger partial charge is 0.396 e. The average molecular weight is 230 g/mol. The summed E-state index contributed by atoms with van der Waals surface area (Å²) in [4.78, 5) is 0. The molecule has 1 fully saturated rings. The molecular formula is C12H26N2O2. The summed E-state index contributed by atoms with van der Waals surface area (Å²) >= 11 is 0. The van der Waals surface area contributed by atoms with Crippen molar-refractivity contribution in [3.8, 4) is 0 Å². The van der Waals surface area contributed by atoms with Crippen LogP contribution in [-0.2, 0) is 4.74 Å². The van der Waals surface area contributed by atoms with Crippen molar-refractivity contribution in [2.75, 3.05) is 26.4 Å². The van der Waals surface area contributed by atoms with Gasteiger partial charge >= 0.3 is 0 Å². The van der Waals surface area contributed by atoms with Crippen LogP contribution in [0.2, 0.25) is 0 Å². The molecule has 1 saturated heterocycles. The predicted octanol–water partition coefficient (Wildman–Crippen LogP) is 0.347. The van der Waals surface area contributed by atoms with E-state index in [9.17, 15) is 0 Å². The quantitative estimate of drug-likeness (QED) is 0.616. The minimum atomic E-state index is -0.0840. The third kappa shape index (κ3) is 3.17. The van der Waals surface area contributed by atoms with Crippen LogP contribution in [0.4, 0.5) is 0 Å². The van der Waals surface area contributed by atoms with Crippen LogP contribution in [0.1, 0.15) is 27.2 Å². The van der Waals surface area contributed by atoms with Crippen molar-refractivity contribution in [3.05, 3.63) is 0 Å². The van der Waals surface area contributed by atoms with E-state index >= 15 is 0 Å². The first-order valence-corrected chi connectivity index (χ1v) is 6.20. The predicted molar refractivity (Wildman–Crippen MR) is 65.2 cm³/mol. The molecule has 4 unspecified atom stereocenters. The molecule has 0 saturated carbocycles. The van der Waals surface area contributed by atoms with Gasteiger partial charge in [-0.3, -0.25) is 0 Å². The number of hydrogen-bond acceptors (Lipinski definition) is 4. The molecule has 1 heterocycles. The van der Waals surface area contributed by atoms with Crippen LogP contribution in [0.3, 0.4) is 0 Å². The molecule has 0 aliphatic carbocycles. The Bertz CT molecular complexity index is 207. The molecule has 0 amide bonds. The van der Waals surface area contributed by atoms with Gasteiger partial charge in [-0.05, 0) is 26.2 Å². The standard InChI is InChI=1S/C12H26N2O2/c1-9(6-15)10(2)14-12(3,8-13)11-4-5-16-7-11/h9-11,14-15H,4-8,13H2,1-3H3. The minimum Gasteiger partial charge on any atom is -0.396 e. The number of hydrogen-bond donors (Lipinski definition) is 3. The third-order valence-electron chi connectivity index (χ3n) is 3.95. The number of nitrogens with two attached hydrogens (primary N) is 1. The molecule has 1 aliphatic rings. The van der Waals surface area contributed by atoms with Crippen molar-refractivity contribution < 1.29 is 9.84 Å². The van der Waals surface area contributed by atoms with E-state index in [2.05, 4.69) is 19.2 Å². The summed E-state index contributed by atoms with van der Waals surface area (Å²) in [6, 6.07) is 0.263. The molecule has 1 rings (SSSR count). The second-order valence-corrected chi connectivity index (χ2v) is 5.27. The lowest BCUT2D eigenvalue weighted by Gasteiger charge is -2.39. The maximum atomic E-state index is 9.14. The zero-order valence-corrected chi connectivity index (χ0v) is 10.7. The molecule has 4 N–H and O–H groups in total. The van der Waals surface area contributed by atoms with Gasteiger partial charge < -0.3 is 20.9 Å². The number of nitrogens with one attached hydrogen (secondary N) is 1. The van der Waals surface area contributed by atoms with E-state index in [1.54, 1.807) is 0 Å². The highest BCUT2D eigenvalue weighted by Crippen LogP contribution is 2.26. The summed E-state index contributed by atoms with van der Waals surface area (Å²) in [5.41, 5.74) is 5.81. The fraction of sp³-hybridized carbons (Fsp3) is 1.00. The molecule has 0 bridgehead atoms. The molecule has 0 radical (unpaired) electrons. The summed E-state index contributed by atoms with van der Waals surface area (Å²) in [7, 11) is 0. The van der Waals surface area contributed by atoms with Crippen molar-refractivity contribution in [2.24, 2.45) is 17.6 Å². The Morgan fingerprint density at radius 1 is 1.56 bits per heavy atom. The zero-order valence-electron chi connectivity index (χ0n) is 10.7. The van der Waals surface area contributed by atoms with Crippen molar-refractivity contribution in [1.29, 1.82) is 0 Å². The monoisotopic (exact) mass is 230 g/mol. The van der Waals surface area contributed by atoms with Gasteiger partial charge in [0.05, 0.1) is 6.61 Å². The van der Waals surface area contributed by atoms with Crippen LogP contribution in [0.25, 0.3) is 0 Å². The third-order valence-corrected chi connectivity index (χ3v) is 3.95. The van der Waals surface area contributed by atoms with Crippen LogP contribution < -0.4 is 11.1 Å². The molecule has 1 aliphatic heterocycles. The van der Waals surface area contributed by atoms with Gasteiger partial charge in [-0.1, -0.05) is 6.92 Å². The van der Waals surface area contributed by atoms with Gasteiger partial charge in [0.2, 0.25) is 0 Å². The Labute approximate surface area is 98.5 Å². The highest BCUT2D eigenvalue weighted by atomic mass is 16.5. The first kappa shape index (κ1) is 13.9. The van der Waals surface area contributed by atoms with E-state index in [-0.39, 0.29) is 24.1 Å². The maximum absolute atomic E-state index is 9.14. The van der Waals surface area contributed by atoms with E-state index in [1.165, 1.54) is 0 Å². The summed E-state index contributed by atoms with van der Waals surface area (Å²) in [5, 5.41) is 12.7. The average Bonchev–Trinajstić information content (AvgIpc) is 2.81. The summed E-state index contributed by atoms with van der Waals surface area (Å²) < 4.78 is 5.43. The van der Waals surface area contributed by atoms with Gasteiger partial charge in [0.15, 0.2) is 0 Å². The SMILES string of the molecule is CC(CO)C(C)NC(C)(CN)C1CCOC1. The normalized spacial score (nSPS) is 28.7. The molecule has 4 heteroatoms. The second-order valence-electron chi connectivity index (χ2n) is 5.27. The lowest BCUT2D eigenvalue weighted by atomic mass is 9.83. The molecule has 0 aromatic rings. The van der Waals surface area contributed by atoms with E-state index < -0.39 is 0 Å². The number of aliphatic hydroxyl groups excluding tert-OH is 1. The van der Waals surface area contributed by atoms with Crippen molar-refractivity contribution in [3.63, 3.8) is 0 Å². The van der Waals surface area contributed by atoms with Gasteiger partial charge in [-0.25, -0.2) is 0 Å². The Morgan fingerprint density at radius 3 is 2.69 bits per heavy atom. The van der Waals surface area contributed by atoms with Crippen LogP contribution >= 0.6 is 0 Å². The number of aliphatic hydroxyl groups is 1. The van der Waals surface area contributed by atoms with Gasteiger partial charge in [0, 0.05) is 37.3 Å². The molecule has 0 spiro atoms. The van der Waals surface area contributed by atoms with Crippen LogP contribution in [0, 0.1) is 11.8 Å². The maximum Gasteiger partial charge on any atom is 0.0513 e. The van der Waals surface area contributed by atoms with Gasteiger partial charge in [0.1, 0.15) is 0 Å². The topological polar surface area (TPSA) is 67.5 Å². The zero-order chi connectivity index (χ0) is 12.2. The summed E-state index contributed by atoms with van der Waals surface area (Å²) in [6.07, 6.45) is 1.07. The minimum absolute atomic E-state index is 0.0840. The van der Waals surface area contributed by atoms with Gasteiger partial charge in [0.25, 0.3) is 0 Å². The fourth-order valence-corrected chi connectivity index (χ4v) is 2.20. The van der Waals surface area contributed by atoms with Crippen LogP contribution in [0.5, 0.6) is 0 Å². The van der Waals surface area contributed by atoms with E-state index in [1.807, 2.05) is 6.92 Å². The van der Waals surface area contributed by atoms with Gasteiger partial charge in [-0.15, -0.1) is 0 Å². The first-order chi connectivity index (χ1) is 7.53. The molecule has 96 valence electrons. The molecule has 4 nitrogen and oxygen atoms in total. The van der Waals surface area contributed by atoms with Gasteiger partial charge in [-0.2, -0.15) is 0 Å². The highest BCUT2D eigenvalue weighted by Gasteiger charge is 2.36. The van der Waals surface area contributed by atoms with Crippen molar-refractivity contribution in [1.82, 2.24) is 5.32 Å². The van der Waals surface area contributed by atoms with E-state index in [4.69, 9.17) is 15.6 Å². The fourth-order valence-electron chi connectivity index (χ4n) is 2.20. The lowest BCUT2D eigenvalue weighted by molar-refractivity contribution is 0.131. The lowest BCUT2D eigenvalue weighted by Crippen LogP contribution is -2.58. The number of rotatable bonds is 6. The molecular weight excluding hydrogens is 204 g/mol. The highest BCUT2D eigenvalue weighted by molar-refractivity contribution is 4.95. The Kier molecular flexibility index (Phi) is 5.18. The molecule has 4 atom stereocenters. The van der Waals surface area contributed by atoms with E-state index in [0.29, 0.717) is 12.5 Å². The Hall–Kier alpha value is -0.160. The molecule has 0 aromatic carbocycles. The first-order valence-electron chi connectivity index (χ1n) is 6.20. The second kappa shape index (κ2) is 5.96. The summed E-state index contributed by atoms with van der Waals surface area (Å²) in [6.45, 7) is 8.74. The number of ether oxygens (including phenoxy) is 1. The Balaban J connectivity index is 2.58. The van der Waals surface area contributed by atoms with Crippen LogP contribution in [0.15, 0.2) is 0 Å². The van der Waals surface area contributed by atoms with E-state index in [0.717, 1.165) is 19.6 Å². The van der Waals surface area contributed by atoms with Crippen LogP contribution in [-0.4, -0.2) is 43.1 Å². The van der Waals surface area contributed by atoms with Crippen molar-refractivity contribution in [2.45, 2.75) is 38.8 Å². The molecule has 16 heavy (non-hydrogen) atoms. The van der Waals surface area contributed by atoms with Crippen molar-refractivity contribution >= 4 is 0 Å². The Morgan fingerprint density at radius 2 is 2.25 bits per heavy atom.